The van der Waals surface area contributed by atoms with Crippen molar-refractivity contribution >= 4 is 11.8 Å². The molecule has 22 heavy (non-hydrogen) atoms. The summed E-state index contributed by atoms with van der Waals surface area (Å²) in [5.74, 6) is -0.436. The van der Waals surface area contributed by atoms with Crippen LogP contribution in [0, 0.1) is 5.41 Å². The molecule has 1 atom stereocenters. The van der Waals surface area contributed by atoms with Crippen LogP contribution >= 0.6 is 0 Å². The van der Waals surface area contributed by atoms with Crippen LogP contribution in [0.3, 0.4) is 0 Å². The summed E-state index contributed by atoms with van der Waals surface area (Å²) in [5.41, 5.74) is 0.339. The SMILES string of the molecule is CCc1ccc2c(c1)C(=O)/C(=C/O)C(C(C)(C)C(=O)OC)O2. The van der Waals surface area contributed by atoms with E-state index in [0.29, 0.717) is 11.3 Å². The molecule has 0 aliphatic carbocycles. The van der Waals surface area contributed by atoms with Gasteiger partial charge in [0.1, 0.15) is 17.3 Å². The summed E-state index contributed by atoms with van der Waals surface area (Å²) in [4.78, 5) is 24.6. The van der Waals surface area contributed by atoms with Gasteiger partial charge in [-0.3, -0.25) is 9.59 Å². The number of rotatable bonds is 3. The molecule has 0 bridgehead atoms. The lowest BCUT2D eigenvalue weighted by Gasteiger charge is -2.36. The summed E-state index contributed by atoms with van der Waals surface area (Å²) < 4.78 is 10.6. The van der Waals surface area contributed by atoms with Crippen LogP contribution in [0.15, 0.2) is 30.0 Å². The molecule has 0 saturated heterocycles. The number of aliphatic hydroxyl groups excluding tert-OH is 1. The number of esters is 1. The van der Waals surface area contributed by atoms with E-state index in [9.17, 15) is 14.7 Å². The summed E-state index contributed by atoms with van der Waals surface area (Å²) in [6, 6.07) is 5.35. The highest BCUT2D eigenvalue weighted by molar-refractivity contribution is 6.12. The number of hydrogen-bond donors (Lipinski definition) is 1. The lowest BCUT2D eigenvalue weighted by molar-refractivity contribution is -0.155. The first kappa shape index (κ1) is 16.1. The third-order valence-electron chi connectivity index (χ3n) is 3.99. The van der Waals surface area contributed by atoms with E-state index in [2.05, 4.69) is 0 Å². The summed E-state index contributed by atoms with van der Waals surface area (Å²) in [6.45, 7) is 5.22. The average Bonchev–Trinajstić information content (AvgIpc) is 2.53. The number of ketones is 1. The van der Waals surface area contributed by atoms with Gasteiger partial charge in [-0.1, -0.05) is 13.0 Å². The van der Waals surface area contributed by atoms with Gasteiger partial charge in [-0.15, -0.1) is 0 Å². The first-order valence-electron chi connectivity index (χ1n) is 7.13. The molecule has 1 unspecified atom stereocenters. The third-order valence-corrected chi connectivity index (χ3v) is 3.99. The van der Waals surface area contributed by atoms with Gasteiger partial charge >= 0.3 is 5.97 Å². The molecule has 2 rings (SSSR count). The summed E-state index contributed by atoms with van der Waals surface area (Å²) in [7, 11) is 1.28. The Morgan fingerprint density at radius 2 is 2.14 bits per heavy atom. The van der Waals surface area contributed by atoms with Gasteiger partial charge < -0.3 is 14.6 Å². The molecule has 1 N–H and O–H groups in total. The van der Waals surface area contributed by atoms with Crippen molar-refractivity contribution in [3.63, 3.8) is 0 Å². The topological polar surface area (TPSA) is 72.8 Å². The summed E-state index contributed by atoms with van der Waals surface area (Å²) in [6.07, 6.45) is 0.604. The van der Waals surface area contributed by atoms with Crippen LogP contribution in [0.1, 0.15) is 36.7 Å². The Morgan fingerprint density at radius 3 is 2.68 bits per heavy atom. The van der Waals surface area contributed by atoms with Crippen LogP contribution in [0.25, 0.3) is 0 Å². The van der Waals surface area contributed by atoms with E-state index in [1.54, 1.807) is 26.0 Å². The Hall–Kier alpha value is -2.30. The monoisotopic (exact) mass is 304 g/mol. The smallest absolute Gasteiger partial charge is 0.315 e. The van der Waals surface area contributed by atoms with Gasteiger partial charge in [0.25, 0.3) is 0 Å². The first-order chi connectivity index (χ1) is 10.4. The second kappa shape index (κ2) is 5.83. The minimum absolute atomic E-state index is 0.0520. The zero-order chi connectivity index (χ0) is 16.5. The largest absolute Gasteiger partial charge is 0.515 e. The van der Waals surface area contributed by atoms with Gasteiger partial charge in [0.2, 0.25) is 0 Å². The molecule has 5 heteroatoms. The normalized spacial score (nSPS) is 19.5. The number of benzene rings is 1. The fraction of sp³-hybridized carbons (Fsp3) is 0.412. The summed E-state index contributed by atoms with van der Waals surface area (Å²) in [5, 5.41) is 9.49. The fourth-order valence-electron chi connectivity index (χ4n) is 2.57. The predicted molar refractivity (Wildman–Crippen MR) is 81.1 cm³/mol. The van der Waals surface area contributed by atoms with Crippen molar-refractivity contribution in [1.82, 2.24) is 0 Å². The molecule has 0 amide bonds. The number of aryl methyl sites for hydroxylation is 1. The zero-order valence-corrected chi connectivity index (χ0v) is 13.2. The molecular weight excluding hydrogens is 284 g/mol. The first-order valence-corrected chi connectivity index (χ1v) is 7.13. The molecule has 0 radical (unpaired) electrons. The van der Waals surface area contributed by atoms with Gasteiger partial charge in [0.05, 0.1) is 24.5 Å². The van der Waals surface area contributed by atoms with Crippen LogP contribution < -0.4 is 4.74 Å². The Labute approximate surface area is 129 Å². The van der Waals surface area contributed by atoms with Crippen LogP contribution in [0.4, 0.5) is 0 Å². The minimum atomic E-state index is -1.11. The van der Waals surface area contributed by atoms with E-state index in [4.69, 9.17) is 9.47 Å². The van der Waals surface area contributed by atoms with Gasteiger partial charge in [0.15, 0.2) is 5.78 Å². The molecule has 0 aromatic heterocycles. The molecule has 1 aromatic rings. The van der Waals surface area contributed by atoms with Crippen molar-refractivity contribution < 1.29 is 24.2 Å². The highest BCUT2D eigenvalue weighted by Crippen LogP contribution is 2.39. The molecule has 1 heterocycles. The quantitative estimate of drug-likeness (QED) is 0.528. The average molecular weight is 304 g/mol. The summed E-state index contributed by atoms with van der Waals surface area (Å²) >= 11 is 0. The van der Waals surface area contributed by atoms with E-state index in [1.807, 2.05) is 13.0 Å². The maximum atomic E-state index is 12.6. The zero-order valence-electron chi connectivity index (χ0n) is 13.2. The Bertz CT molecular complexity index is 642. The van der Waals surface area contributed by atoms with Gasteiger partial charge in [-0.2, -0.15) is 0 Å². The number of aliphatic hydroxyl groups is 1. The lowest BCUT2D eigenvalue weighted by Crippen LogP contribution is -2.46. The molecular formula is C17H20O5. The van der Waals surface area contributed by atoms with Crippen LogP contribution in [-0.4, -0.2) is 30.1 Å². The van der Waals surface area contributed by atoms with Crippen LogP contribution in [0.5, 0.6) is 5.75 Å². The van der Waals surface area contributed by atoms with Crippen LogP contribution in [0.2, 0.25) is 0 Å². The molecule has 0 spiro atoms. The maximum absolute atomic E-state index is 12.6. The van der Waals surface area contributed by atoms with Gasteiger partial charge in [-0.25, -0.2) is 0 Å². The number of carbonyl (C=O) groups excluding carboxylic acids is 2. The number of fused-ring (bicyclic) bond motifs is 1. The standard InChI is InChI=1S/C17H20O5/c1-5-10-6-7-13-11(8-10)14(19)12(9-18)15(22-13)17(2,3)16(20)21-4/h6-9,15,18H,5H2,1-4H3/b12-9-. The molecule has 0 saturated carbocycles. The molecule has 118 valence electrons. The van der Waals surface area contributed by atoms with E-state index in [-0.39, 0.29) is 11.4 Å². The Morgan fingerprint density at radius 1 is 1.45 bits per heavy atom. The number of carbonyl (C=O) groups is 2. The minimum Gasteiger partial charge on any atom is -0.515 e. The van der Waals surface area contributed by atoms with Gasteiger partial charge in [-0.05, 0) is 38.0 Å². The highest BCUT2D eigenvalue weighted by Gasteiger charge is 2.47. The third kappa shape index (κ3) is 2.47. The van der Waals surface area contributed by atoms with Crippen molar-refractivity contribution in [3.05, 3.63) is 41.2 Å². The highest BCUT2D eigenvalue weighted by atomic mass is 16.5. The van der Waals surface area contributed by atoms with Crippen LogP contribution in [-0.2, 0) is 16.0 Å². The van der Waals surface area contributed by atoms with Crippen molar-refractivity contribution in [2.45, 2.75) is 33.3 Å². The molecule has 1 aliphatic heterocycles. The maximum Gasteiger partial charge on any atom is 0.315 e. The number of methoxy groups -OCH3 is 1. The Kier molecular flexibility index (Phi) is 4.26. The Balaban J connectivity index is 2.52. The number of Topliss-reactive ketones (excluding diaryl/α,β-unsaturated/α-hetero) is 1. The van der Waals surface area contributed by atoms with Crippen molar-refractivity contribution in [3.8, 4) is 5.75 Å². The molecule has 1 aromatic carbocycles. The van der Waals surface area contributed by atoms with E-state index < -0.39 is 17.5 Å². The fourth-order valence-corrected chi connectivity index (χ4v) is 2.57. The van der Waals surface area contributed by atoms with E-state index >= 15 is 0 Å². The number of ether oxygens (including phenoxy) is 2. The van der Waals surface area contributed by atoms with E-state index in [1.165, 1.54) is 7.11 Å². The van der Waals surface area contributed by atoms with Crippen molar-refractivity contribution in [2.24, 2.45) is 5.41 Å². The van der Waals surface area contributed by atoms with Gasteiger partial charge in [0, 0.05) is 0 Å². The van der Waals surface area contributed by atoms with Crippen molar-refractivity contribution in [2.75, 3.05) is 7.11 Å². The second-order valence-corrected chi connectivity index (χ2v) is 5.81. The predicted octanol–water partition coefficient (Wildman–Crippen LogP) is 2.83. The molecule has 5 nitrogen and oxygen atoms in total. The molecule has 0 fully saturated rings. The number of hydrogen-bond acceptors (Lipinski definition) is 5. The second-order valence-electron chi connectivity index (χ2n) is 5.81. The lowest BCUT2D eigenvalue weighted by atomic mass is 9.78. The molecule has 1 aliphatic rings. The van der Waals surface area contributed by atoms with E-state index in [0.717, 1.165) is 18.2 Å². The van der Waals surface area contributed by atoms with Crippen molar-refractivity contribution in [1.29, 1.82) is 0 Å².